The van der Waals surface area contributed by atoms with Crippen LogP contribution in [0.5, 0.6) is 5.75 Å². The average molecular weight is 433 g/mol. The monoisotopic (exact) mass is 432 g/mol. The largest absolute Gasteiger partial charge is 0.497 e. The second kappa shape index (κ2) is 7.25. The maximum atomic E-state index is 13.3. The van der Waals surface area contributed by atoms with Gasteiger partial charge < -0.3 is 9.64 Å². The van der Waals surface area contributed by atoms with Gasteiger partial charge in [0.15, 0.2) is 0 Å². The Bertz CT molecular complexity index is 1190. The van der Waals surface area contributed by atoms with Gasteiger partial charge >= 0.3 is 0 Å². The number of nitrogens with zero attached hydrogens (tertiary/aromatic N) is 2. The van der Waals surface area contributed by atoms with E-state index in [-0.39, 0.29) is 5.91 Å². The number of rotatable bonds is 4. The van der Waals surface area contributed by atoms with E-state index in [1.807, 2.05) is 18.2 Å². The maximum absolute atomic E-state index is 13.3. The van der Waals surface area contributed by atoms with Crippen LogP contribution in [0, 0.1) is 0 Å². The van der Waals surface area contributed by atoms with Crippen LogP contribution in [0.4, 0.5) is 5.69 Å². The molecule has 0 aliphatic carbocycles. The first-order valence-corrected chi connectivity index (χ1v) is 10.1. The molecule has 0 bridgehead atoms. The van der Waals surface area contributed by atoms with Crippen molar-refractivity contribution in [3.8, 4) is 5.75 Å². The topological polar surface area (TPSA) is 66.9 Å². The molecule has 0 radical (unpaired) electrons. The van der Waals surface area contributed by atoms with Crippen molar-refractivity contribution >= 4 is 35.0 Å². The van der Waals surface area contributed by atoms with E-state index in [0.29, 0.717) is 27.6 Å². The van der Waals surface area contributed by atoms with E-state index in [4.69, 9.17) is 16.3 Å². The summed E-state index contributed by atoms with van der Waals surface area (Å²) < 4.78 is 5.34. The van der Waals surface area contributed by atoms with Crippen molar-refractivity contribution in [1.82, 2.24) is 4.90 Å². The molecular weight excluding hydrogens is 416 g/mol. The van der Waals surface area contributed by atoms with Gasteiger partial charge in [0, 0.05) is 10.7 Å². The zero-order valence-electron chi connectivity index (χ0n) is 16.5. The summed E-state index contributed by atoms with van der Waals surface area (Å²) in [6.07, 6.45) is 0. The van der Waals surface area contributed by atoms with Gasteiger partial charge in [-0.3, -0.25) is 19.3 Å². The van der Waals surface area contributed by atoms with Gasteiger partial charge in [-0.25, -0.2) is 0 Å². The Morgan fingerprint density at radius 3 is 2.03 bits per heavy atom. The fourth-order valence-electron chi connectivity index (χ4n) is 4.23. The first-order valence-electron chi connectivity index (χ1n) is 9.71. The van der Waals surface area contributed by atoms with E-state index in [2.05, 4.69) is 0 Å². The van der Waals surface area contributed by atoms with Crippen LogP contribution in [-0.2, 0) is 4.79 Å². The summed E-state index contributed by atoms with van der Waals surface area (Å²) >= 11 is 6.01. The molecule has 1 fully saturated rings. The van der Waals surface area contributed by atoms with Gasteiger partial charge in [0.1, 0.15) is 11.8 Å². The minimum Gasteiger partial charge on any atom is -0.497 e. The average Bonchev–Trinajstić information content (AvgIpc) is 3.04. The van der Waals surface area contributed by atoms with Crippen LogP contribution in [0.2, 0.25) is 5.02 Å². The number of imide groups is 1. The highest BCUT2D eigenvalue weighted by Gasteiger charge is 2.57. The summed E-state index contributed by atoms with van der Waals surface area (Å²) in [7, 11) is 1.56. The predicted octanol–water partition coefficient (Wildman–Crippen LogP) is 4.10. The third-order valence-electron chi connectivity index (χ3n) is 5.71. The summed E-state index contributed by atoms with van der Waals surface area (Å²) in [4.78, 5) is 42.1. The van der Waals surface area contributed by atoms with E-state index < -0.39 is 23.9 Å². The number of anilines is 1. The Kier molecular flexibility index (Phi) is 4.52. The smallest absolute Gasteiger partial charge is 0.262 e. The molecule has 3 aromatic carbocycles. The number of amides is 3. The predicted molar refractivity (Wildman–Crippen MR) is 115 cm³/mol. The Morgan fingerprint density at radius 2 is 1.42 bits per heavy atom. The lowest BCUT2D eigenvalue weighted by atomic mass is 9.86. The molecule has 6 nitrogen and oxygen atoms in total. The van der Waals surface area contributed by atoms with Gasteiger partial charge in [-0.1, -0.05) is 35.9 Å². The van der Waals surface area contributed by atoms with Crippen molar-refractivity contribution in [2.75, 3.05) is 12.0 Å². The number of fused-ring (bicyclic) bond motifs is 1. The number of halogens is 1. The Balaban J connectivity index is 1.60. The number of ether oxygens (including phenoxy) is 1. The fraction of sp³-hybridized carbons (Fsp3) is 0.125. The van der Waals surface area contributed by atoms with Crippen LogP contribution < -0.4 is 9.64 Å². The number of hydrogen-bond acceptors (Lipinski definition) is 4. The lowest BCUT2D eigenvalue weighted by Crippen LogP contribution is -2.67. The van der Waals surface area contributed by atoms with Crippen LogP contribution >= 0.6 is 11.6 Å². The molecule has 7 heteroatoms. The van der Waals surface area contributed by atoms with Crippen LogP contribution in [-0.4, -0.2) is 35.8 Å². The third-order valence-corrected chi connectivity index (χ3v) is 5.96. The number of benzene rings is 3. The van der Waals surface area contributed by atoms with Crippen molar-refractivity contribution in [1.29, 1.82) is 0 Å². The van der Waals surface area contributed by atoms with E-state index in [1.165, 1.54) is 0 Å². The molecule has 0 spiro atoms. The molecule has 0 aromatic heterocycles. The number of carbonyl (C=O) groups is 3. The van der Waals surface area contributed by atoms with Crippen molar-refractivity contribution < 1.29 is 19.1 Å². The Morgan fingerprint density at radius 1 is 0.774 bits per heavy atom. The van der Waals surface area contributed by atoms with Crippen molar-refractivity contribution in [3.63, 3.8) is 0 Å². The van der Waals surface area contributed by atoms with E-state index in [9.17, 15) is 14.4 Å². The van der Waals surface area contributed by atoms with Crippen LogP contribution in [0.3, 0.4) is 0 Å². The Labute approximate surface area is 183 Å². The summed E-state index contributed by atoms with van der Waals surface area (Å²) in [5, 5.41) is 0.548. The molecule has 0 unspecified atom stereocenters. The maximum Gasteiger partial charge on any atom is 0.262 e. The molecule has 2 aliphatic rings. The van der Waals surface area contributed by atoms with Gasteiger partial charge in [-0.15, -0.1) is 0 Å². The molecule has 31 heavy (non-hydrogen) atoms. The molecule has 3 aromatic rings. The van der Waals surface area contributed by atoms with Gasteiger partial charge in [0.05, 0.1) is 24.3 Å². The molecule has 5 rings (SSSR count). The van der Waals surface area contributed by atoms with E-state index in [0.717, 1.165) is 10.5 Å². The quantitative estimate of drug-likeness (QED) is 0.460. The second-order valence-electron chi connectivity index (χ2n) is 7.38. The SMILES string of the molecule is COc1cccc([C@@H]2[C@H](N3C(=O)c4ccccc4C3=O)C(=O)N2c2ccc(Cl)cc2)c1. The van der Waals surface area contributed by atoms with E-state index in [1.54, 1.807) is 66.6 Å². The van der Waals surface area contributed by atoms with Gasteiger partial charge in [0.25, 0.3) is 17.7 Å². The first-order chi connectivity index (χ1) is 15.0. The molecule has 154 valence electrons. The molecule has 3 amide bonds. The normalized spacial score (nSPS) is 20.0. The van der Waals surface area contributed by atoms with Gasteiger partial charge in [0.2, 0.25) is 0 Å². The van der Waals surface area contributed by atoms with Gasteiger partial charge in [-0.2, -0.15) is 0 Å². The molecule has 0 N–H and O–H groups in total. The molecular formula is C24H17ClN2O4. The molecule has 2 aliphatic heterocycles. The first kappa shape index (κ1) is 19.3. The number of hydrogen-bond donors (Lipinski definition) is 0. The van der Waals surface area contributed by atoms with Crippen LogP contribution in [0.15, 0.2) is 72.8 Å². The lowest BCUT2D eigenvalue weighted by Gasteiger charge is -2.49. The van der Waals surface area contributed by atoms with Crippen LogP contribution in [0.25, 0.3) is 0 Å². The molecule has 0 saturated carbocycles. The third kappa shape index (κ3) is 2.91. The van der Waals surface area contributed by atoms with Crippen LogP contribution in [0.1, 0.15) is 32.3 Å². The highest BCUT2D eigenvalue weighted by atomic mass is 35.5. The minimum absolute atomic E-state index is 0.314. The number of methoxy groups -OCH3 is 1. The second-order valence-corrected chi connectivity index (χ2v) is 7.81. The summed E-state index contributed by atoms with van der Waals surface area (Å²) in [6, 6.07) is 19.3. The summed E-state index contributed by atoms with van der Waals surface area (Å²) in [6.45, 7) is 0. The highest BCUT2D eigenvalue weighted by molar-refractivity contribution is 6.30. The minimum atomic E-state index is -0.949. The Hall–Kier alpha value is -3.64. The van der Waals surface area contributed by atoms with Crippen molar-refractivity contribution in [2.45, 2.75) is 12.1 Å². The molecule has 1 saturated heterocycles. The standard InChI is InChI=1S/C24H17ClN2O4/c1-31-17-6-4-5-14(13-17)20-21(24(30)26(20)16-11-9-15(25)10-12-16)27-22(28)18-7-2-3-8-19(18)23(27)29/h2-13,20-21H,1H3/t20-,21+/m1/s1. The lowest BCUT2D eigenvalue weighted by molar-refractivity contribution is -0.130. The van der Waals surface area contributed by atoms with Crippen molar-refractivity contribution in [2.24, 2.45) is 0 Å². The number of β-lactam (4-membered cyclic amide) rings is 1. The fourth-order valence-corrected chi connectivity index (χ4v) is 4.36. The highest BCUT2D eigenvalue weighted by Crippen LogP contribution is 2.44. The summed E-state index contributed by atoms with van der Waals surface area (Å²) in [5.41, 5.74) is 2.02. The molecule has 2 atom stereocenters. The van der Waals surface area contributed by atoms with Crippen molar-refractivity contribution in [3.05, 3.63) is 94.5 Å². The zero-order chi connectivity index (χ0) is 21.7. The summed E-state index contributed by atoms with van der Waals surface area (Å²) in [5.74, 6) is -0.621. The van der Waals surface area contributed by atoms with E-state index >= 15 is 0 Å². The zero-order valence-corrected chi connectivity index (χ0v) is 17.2. The molecule has 2 heterocycles. The van der Waals surface area contributed by atoms with Gasteiger partial charge in [-0.05, 0) is 54.1 Å². The number of carbonyl (C=O) groups excluding carboxylic acids is 3.